The maximum Gasteiger partial charge on any atom is 0.233 e. The molecule has 1 aromatic heterocycles. The molecular weight excluding hydrogens is 321 g/mol. The molecule has 1 N–H and O–H groups in total. The summed E-state index contributed by atoms with van der Waals surface area (Å²) in [6, 6.07) is 6.63. The van der Waals surface area contributed by atoms with Crippen molar-refractivity contribution in [3.05, 3.63) is 42.2 Å². The topological polar surface area (TPSA) is 65.1 Å². The largest absolute Gasteiger partial charge is 0.368 e. The SMILES string of the molecule is CC(C)C(C(=O)N1CCN(c2cccc(F)c2)CC1C)c1ncn[nH]1. The van der Waals surface area contributed by atoms with E-state index in [2.05, 4.69) is 20.1 Å². The van der Waals surface area contributed by atoms with Crippen LogP contribution in [0.25, 0.3) is 0 Å². The highest BCUT2D eigenvalue weighted by atomic mass is 19.1. The molecule has 25 heavy (non-hydrogen) atoms. The molecule has 1 aliphatic rings. The minimum absolute atomic E-state index is 0.0358. The zero-order chi connectivity index (χ0) is 18.0. The third-order valence-electron chi connectivity index (χ3n) is 4.74. The van der Waals surface area contributed by atoms with Gasteiger partial charge >= 0.3 is 0 Å². The number of nitrogens with one attached hydrogen (secondary N) is 1. The van der Waals surface area contributed by atoms with Gasteiger partial charge in [-0.15, -0.1) is 0 Å². The summed E-state index contributed by atoms with van der Waals surface area (Å²) in [6.45, 7) is 8.02. The lowest BCUT2D eigenvalue weighted by molar-refractivity contribution is -0.136. The van der Waals surface area contributed by atoms with Crippen molar-refractivity contribution in [3.63, 3.8) is 0 Å². The number of hydrogen-bond acceptors (Lipinski definition) is 4. The van der Waals surface area contributed by atoms with Crippen molar-refractivity contribution in [3.8, 4) is 0 Å². The number of carbonyl (C=O) groups is 1. The van der Waals surface area contributed by atoms with Crippen LogP contribution >= 0.6 is 0 Å². The van der Waals surface area contributed by atoms with E-state index in [1.165, 1.54) is 18.5 Å². The number of carbonyl (C=O) groups excluding carboxylic acids is 1. The van der Waals surface area contributed by atoms with Crippen molar-refractivity contribution in [1.82, 2.24) is 20.1 Å². The van der Waals surface area contributed by atoms with E-state index in [1.54, 1.807) is 6.07 Å². The molecule has 1 aromatic carbocycles. The van der Waals surface area contributed by atoms with Gasteiger partial charge < -0.3 is 9.80 Å². The Balaban J connectivity index is 1.73. The number of H-pyrrole nitrogens is 1. The van der Waals surface area contributed by atoms with Gasteiger partial charge in [0.15, 0.2) is 0 Å². The fraction of sp³-hybridized carbons (Fsp3) is 0.500. The van der Waals surface area contributed by atoms with E-state index < -0.39 is 0 Å². The van der Waals surface area contributed by atoms with E-state index in [0.717, 1.165) is 5.69 Å². The second-order valence-electron chi connectivity index (χ2n) is 6.90. The molecule has 7 heteroatoms. The Morgan fingerprint density at radius 1 is 1.36 bits per heavy atom. The molecule has 1 saturated heterocycles. The molecule has 1 aliphatic heterocycles. The average molecular weight is 345 g/mol. The summed E-state index contributed by atoms with van der Waals surface area (Å²) in [6.07, 6.45) is 1.43. The van der Waals surface area contributed by atoms with Crippen LogP contribution in [-0.4, -0.2) is 51.7 Å². The molecule has 0 aliphatic carbocycles. The second kappa shape index (κ2) is 7.21. The number of anilines is 1. The molecular formula is C18H24FN5O. The lowest BCUT2D eigenvalue weighted by atomic mass is 9.92. The molecule has 3 rings (SSSR count). The first kappa shape index (κ1) is 17.4. The predicted octanol–water partition coefficient (Wildman–Crippen LogP) is 2.42. The molecule has 1 fully saturated rings. The number of piperazine rings is 1. The van der Waals surface area contributed by atoms with Crippen molar-refractivity contribution in [2.24, 2.45) is 5.92 Å². The predicted molar refractivity (Wildman–Crippen MR) is 93.7 cm³/mol. The Bertz CT molecular complexity index is 718. The van der Waals surface area contributed by atoms with Gasteiger partial charge in [0.1, 0.15) is 18.0 Å². The smallest absolute Gasteiger partial charge is 0.233 e. The molecule has 2 unspecified atom stereocenters. The van der Waals surface area contributed by atoms with Crippen LogP contribution in [0, 0.1) is 11.7 Å². The fourth-order valence-electron chi connectivity index (χ4n) is 3.45. The van der Waals surface area contributed by atoms with Gasteiger partial charge in [0.25, 0.3) is 0 Å². The first-order valence-corrected chi connectivity index (χ1v) is 8.63. The summed E-state index contributed by atoms with van der Waals surface area (Å²) in [5.41, 5.74) is 0.856. The summed E-state index contributed by atoms with van der Waals surface area (Å²) in [4.78, 5) is 21.3. The van der Waals surface area contributed by atoms with Crippen LogP contribution in [0.2, 0.25) is 0 Å². The summed E-state index contributed by atoms with van der Waals surface area (Å²) in [5, 5.41) is 6.71. The van der Waals surface area contributed by atoms with Gasteiger partial charge in [-0.05, 0) is 31.0 Å². The van der Waals surface area contributed by atoms with Gasteiger partial charge in [-0.3, -0.25) is 9.89 Å². The molecule has 0 bridgehead atoms. The highest BCUT2D eigenvalue weighted by molar-refractivity contribution is 5.83. The van der Waals surface area contributed by atoms with Gasteiger partial charge in [-0.25, -0.2) is 9.37 Å². The van der Waals surface area contributed by atoms with Gasteiger partial charge in [0, 0.05) is 31.4 Å². The zero-order valence-electron chi connectivity index (χ0n) is 14.8. The second-order valence-corrected chi connectivity index (χ2v) is 6.90. The summed E-state index contributed by atoms with van der Waals surface area (Å²) in [7, 11) is 0. The highest BCUT2D eigenvalue weighted by Gasteiger charge is 2.35. The quantitative estimate of drug-likeness (QED) is 0.924. The van der Waals surface area contributed by atoms with Crippen LogP contribution in [0.15, 0.2) is 30.6 Å². The first-order valence-electron chi connectivity index (χ1n) is 8.63. The molecule has 1 amide bonds. The number of halogens is 1. The maximum absolute atomic E-state index is 13.5. The molecule has 0 spiro atoms. The number of hydrogen-bond donors (Lipinski definition) is 1. The van der Waals surface area contributed by atoms with E-state index in [4.69, 9.17) is 0 Å². The zero-order valence-corrected chi connectivity index (χ0v) is 14.8. The van der Waals surface area contributed by atoms with E-state index in [9.17, 15) is 9.18 Å². The number of aromatic amines is 1. The van der Waals surface area contributed by atoms with Crippen LogP contribution in [-0.2, 0) is 4.79 Å². The van der Waals surface area contributed by atoms with Gasteiger partial charge in [0.2, 0.25) is 5.91 Å². The monoisotopic (exact) mass is 345 g/mol. The standard InChI is InChI=1S/C18H24FN5O/c1-12(2)16(17-20-11-21-22-17)18(25)24-8-7-23(10-13(24)3)15-6-4-5-14(19)9-15/h4-6,9,11-13,16H,7-8,10H2,1-3H3,(H,20,21,22). The number of amides is 1. The average Bonchev–Trinajstić information content (AvgIpc) is 3.08. The molecule has 0 radical (unpaired) electrons. The summed E-state index contributed by atoms with van der Waals surface area (Å²) < 4.78 is 13.5. The fourth-order valence-corrected chi connectivity index (χ4v) is 3.45. The summed E-state index contributed by atoms with van der Waals surface area (Å²) >= 11 is 0. The first-order chi connectivity index (χ1) is 12.0. The minimum atomic E-state index is -0.328. The lowest BCUT2D eigenvalue weighted by Crippen LogP contribution is -2.55. The third kappa shape index (κ3) is 3.65. The van der Waals surface area contributed by atoms with Crippen LogP contribution in [0.1, 0.15) is 32.5 Å². The summed E-state index contributed by atoms with van der Waals surface area (Å²) in [5.74, 6) is 0.228. The number of rotatable bonds is 4. The molecule has 2 aromatic rings. The van der Waals surface area contributed by atoms with E-state index >= 15 is 0 Å². The Hall–Kier alpha value is -2.44. The van der Waals surface area contributed by atoms with Crippen molar-refractivity contribution in [1.29, 1.82) is 0 Å². The van der Waals surface area contributed by atoms with Crippen LogP contribution in [0.4, 0.5) is 10.1 Å². The van der Waals surface area contributed by atoms with Crippen molar-refractivity contribution in [2.75, 3.05) is 24.5 Å². The Morgan fingerprint density at radius 3 is 2.76 bits per heavy atom. The van der Waals surface area contributed by atoms with Crippen molar-refractivity contribution < 1.29 is 9.18 Å². The van der Waals surface area contributed by atoms with Crippen molar-refractivity contribution in [2.45, 2.75) is 32.7 Å². The van der Waals surface area contributed by atoms with Crippen LogP contribution < -0.4 is 4.90 Å². The van der Waals surface area contributed by atoms with Crippen molar-refractivity contribution >= 4 is 11.6 Å². The molecule has 2 atom stereocenters. The normalized spacial score (nSPS) is 19.3. The number of aromatic nitrogens is 3. The Kier molecular flexibility index (Phi) is 5.01. The maximum atomic E-state index is 13.5. The van der Waals surface area contributed by atoms with E-state index in [-0.39, 0.29) is 29.6 Å². The highest BCUT2D eigenvalue weighted by Crippen LogP contribution is 2.27. The lowest BCUT2D eigenvalue weighted by Gasteiger charge is -2.42. The minimum Gasteiger partial charge on any atom is -0.368 e. The molecule has 2 heterocycles. The molecule has 0 saturated carbocycles. The number of benzene rings is 1. The van der Waals surface area contributed by atoms with Gasteiger partial charge in [0.05, 0.1) is 5.92 Å². The van der Waals surface area contributed by atoms with E-state index in [1.807, 2.05) is 31.7 Å². The van der Waals surface area contributed by atoms with Crippen LogP contribution in [0.5, 0.6) is 0 Å². The van der Waals surface area contributed by atoms with Crippen LogP contribution in [0.3, 0.4) is 0 Å². The molecule has 6 nitrogen and oxygen atoms in total. The Labute approximate surface area is 147 Å². The van der Waals surface area contributed by atoms with Gasteiger partial charge in [-0.2, -0.15) is 5.10 Å². The van der Waals surface area contributed by atoms with E-state index in [0.29, 0.717) is 25.5 Å². The van der Waals surface area contributed by atoms with Gasteiger partial charge in [-0.1, -0.05) is 19.9 Å². The number of nitrogens with zero attached hydrogens (tertiary/aromatic N) is 4. The Morgan fingerprint density at radius 2 is 2.16 bits per heavy atom. The molecule has 134 valence electrons. The third-order valence-corrected chi connectivity index (χ3v) is 4.74.